The predicted octanol–water partition coefficient (Wildman–Crippen LogP) is 7.19. The average Bonchev–Trinajstić information content (AvgIpc) is 3.21. The van der Waals surface area contributed by atoms with Crippen LogP contribution in [0.3, 0.4) is 0 Å². The molecule has 3 heteroatoms. The molecule has 2 heterocycles. The maximum absolute atomic E-state index is 4.95. The fourth-order valence-corrected chi connectivity index (χ4v) is 5.19. The summed E-state index contributed by atoms with van der Waals surface area (Å²) in [5, 5.41) is 3.71. The van der Waals surface area contributed by atoms with Gasteiger partial charge in [0, 0.05) is 6.54 Å². The Bertz CT molecular complexity index is 727. The Morgan fingerprint density at radius 3 is 2.70 bits per heavy atom. The van der Waals surface area contributed by atoms with Crippen molar-refractivity contribution < 1.29 is 0 Å². The summed E-state index contributed by atoms with van der Waals surface area (Å²) in [6, 6.07) is 0.457. The van der Waals surface area contributed by atoms with Crippen molar-refractivity contribution in [2.24, 2.45) is 28.7 Å². The van der Waals surface area contributed by atoms with Crippen molar-refractivity contribution in [1.82, 2.24) is 10.2 Å². The molecule has 4 unspecified atom stereocenters. The van der Waals surface area contributed by atoms with Crippen LogP contribution in [0.5, 0.6) is 0 Å². The Labute approximate surface area is 205 Å². The summed E-state index contributed by atoms with van der Waals surface area (Å²) >= 11 is 0. The van der Waals surface area contributed by atoms with Crippen molar-refractivity contribution in [1.29, 1.82) is 0 Å². The van der Waals surface area contributed by atoms with Crippen LogP contribution in [0.4, 0.5) is 0 Å². The van der Waals surface area contributed by atoms with Gasteiger partial charge in [0.25, 0.3) is 0 Å². The van der Waals surface area contributed by atoms with E-state index in [0.717, 1.165) is 31.8 Å². The minimum atomic E-state index is 0.457. The van der Waals surface area contributed by atoms with E-state index in [1.165, 1.54) is 49.2 Å². The molecule has 2 aliphatic rings. The molecule has 2 aliphatic heterocycles. The molecule has 1 fully saturated rings. The topological polar surface area (TPSA) is 27.6 Å². The number of likely N-dealkylation sites (N-methyl/N-ethyl adjacent to an activating group) is 1. The molecule has 2 rings (SSSR count). The lowest BCUT2D eigenvalue weighted by molar-refractivity contribution is 0.331. The van der Waals surface area contributed by atoms with E-state index in [2.05, 4.69) is 95.3 Å². The first kappa shape index (κ1) is 27.6. The van der Waals surface area contributed by atoms with Crippen LogP contribution in [-0.2, 0) is 0 Å². The zero-order valence-electron chi connectivity index (χ0n) is 22.6. The first-order valence-electron chi connectivity index (χ1n) is 13.6. The van der Waals surface area contributed by atoms with Crippen molar-refractivity contribution >= 4 is 5.84 Å². The largest absolute Gasteiger partial charge is 0.372 e. The zero-order chi connectivity index (χ0) is 24.2. The lowest BCUT2D eigenvalue weighted by Gasteiger charge is -2.27. The highest BCUT2D eigenvalue weighted by molar-refractivity contribution is 5.88. The first-order chi connectivity index (χ1) is 15.9. The summed E-state index contributed by atoms with van der Waals surface area (Å²) in [5.41, 5.74) is 2.91. The number of aliphatic imine (C=N–C) groups is 1. The molecule has 186 valence electrons. The quantitative estimate of drug-likeness (QED) is 0.354. The molecule has 0 aromatic heterocycles. The highest BCUT2D eigenvalue weighted by Crippen LogP contribution is 2.27. The number of allylic oxidation sites excluding steroid dienone is 6. The number of hydrogen-bond acceptors (Lipinski definition) is 3. The van der Waals surface area contributed by atoms with E-state index >= 15 is 0 Å². The lowest BCUT2D eigenvalue weighted by atomic mass is 9.91. The Morgan fingerprint density at radius 2 is 2.00 bits per heavy atom. The van der Waals surface area contributed by atoms with E-state index in [0.29, 0.717) is 23.8 Å². The van der Waals surface area contributed by atoms with E-state index in [4.69, 9.17) is 4.99 Å². The molecule has 1 N–H and O–H groups in total. The normalized spacial score (nSPS) is 28.0. The lowest BCUT2D eigenvalue weighted by Crippen LogP contribution is -2.45. The summed E-state index contributed by atoms with van der Waals surface area (Å²) in [6.07, 6.45) is 21.5. The maximum atomic E-state index is 4.95. The molecule has 3 nitrogen and oxygen atoms in total. The third-order valence-corrected chi connectivity index (χ3v) is 7.57. The van der Waals surface area contributed by atoms with Crippen LogP contribution in [0.2, 0.25) is 0 Å². The number of hydrogen-bond donors (Lipinski definition) is 1. The number of likely N-dealkylation sites (tertiary alicyclic amines) is 1. The molecule has 33 heavy (non-hydrogen) atoms. The minimum absolute atomic E-state index is 0.457. The maximum Gasteiger partial charge on any atom is 0.114 e. The Balaban J connectivity index is 1.97. The molecular weight excluding hydrogens is 402 g/mol. The van der Waals surface area contributed by atoms with Crippen molar-refractivity contribution in [3.63, 3.8) is 0 Å². The van der Waals surface area contributed by atoms with E-state index in [9.17, 15) is 0 Å². The van der Waals surface area contributed by atoms with Crippen LogP contribution in [0.1, 0.15) is 80.1 Å². The second kappa shape index (κ2) is 14.6. The second-order valence-electron chi connectivity index (χ2n) is 10.4. The van der Waals surface area contributed by atoms with Crippen LogP contribution in [0.25, 0.3) is 0 Å². The van der Waals surface area contributed by atoms with Gasteiger partial charge in [-0.3, -0.25) is 9.89 Å². The van der Waals surface area contributed by atoms with Crippen molar-refractivity contribution in [2.45, 2.75) is 86.1 Å². The number of nitrogens with one attached hydrogen (secondary N) is 1. The van der Waals surface area contributed by atoms with Crippen LogP contribution >= 0.6 is 0 Å². The highest BCUT2D eigenvalue weighted by Gasteiger charge is 2.34. The van der Waals surface area contributed by atoms with Gasteiger partial charge in [-0.05, 0) is 62.9 Å². The first-order valence-corrected chi connectivity index (χ1v) is 13.6. The smallest absolute Gasteiger partial charge is 0.114 e. The Morgan fingerprint density at radius 1 is 1.21 bits per heavy atom. The second-order valence-corrected chi connectivity index (χ2v) is 10.4. The number of rotatable bonds is 10. The predicted molar refractivity (Wildman–Crippen MR) is 147 cm³/mol. The minimum Gasteiger partial charge on any atom is -0.372 e. The SMILES string of the molecule is CCCC(C)/C=C(/C=C\C(C)C(C)/C=C1/C=C\CN=C(C2[C@H](CC)CCN2C)NCC1)CC. The average molecular weight is 454 g/mol. The van der Waals surface area contributed by atoms with E-state index in [1.807, 2.05) is 0 Å². The van der Waals surface area contributed by atoms with Gasteiger partial charge in [-0.2, -0.15) is 0 Å². The highest BCUT2D eigenvalue weighted by atomic mass is 15.2. The van der Waals surface area contributed by atoms with Crippen LogP contribution < -0.4 is 5.32 Å². The Kier molecular flexibility index (Phi) is 12.2. The van der Waals surface area contributed by atoms with Crippen molar-refractivity contribution in [3.8, 4) is 0 Å². The van der Waals surface area contributed by atoms with E-state index in [-0.39, 0.29) is 0 Å². The van der Waals surface area contributed by atoms with Gasteiger partial charge in [0.1, 0.15) is 5.84 Å². The van der Waals surface area contributed by atoms with Crippen LogP contribution in [0.15, 0.2) is 52.6 Å². The summed E-state index contributed by atoms with van der Waals surface area (Å²) in [7, 11) is 2.25. The van der Waals surface area contributed by atoms with Gasteiger partial charge in [-0.1, -0.05) is 102 Å². The van der Waals surface area contributed by atoms with Gasteiger partial charge < -0.3 is 5.32 Å². The van der Waals surface area contributed by atoms with Gasteiger partial charge in [-0.15, -0.1) is 0 Å². The fraction of sp³-hybridized carbons (Fsp3) is 0.700. The van der Waals surface area contributed by atoms with Gasteiger partial charge in [0.15, 0.2) is 0 Å². The molecule has 0 spiro atoms. The molecule has 0 aliphatic carbocycles. The third-order valence-electron chi connectivity index (χ3n) is 7.57. The Hall–Kier alpha value is -1.61. The molecule has 0 aromatic carbocycles. The van der Waals surface area contributed by atoms with Crippen molar-refractivity contribution in [3.05, 3.63) is 47.6 Å². The van der Waals surface area contributed by atoms with Gasteiger partial charge in [0.05, 0.1) is 12.6 Å². The van der Waals surface area contributed by atoms with E-state index in [1.54, 1.807) is 0 Å². The molecule has 0 bridgehead atoms. The molecule has 1 saturated heterocycles. The summed E-state index contributed by atoms with van der Waals surface area (Å²) in [5.74, 6) is 3.63. The fourth-order valence-electron chi connectivity index (χ4n) is 5.19. The molecule has 0 radical (unpaired) electrons. The summed E-state index contributed by atoms with van der Waals surface area (Å²) in [4.78, 5) is 7.43. The molecule has 0 amide bonds. The van der Waals surface area contributed by atoms with Gasteiger partial charge >= 0.3 is 0 Å². The van der Waals surface area contributed by atoms with Crippen LogP contribution in [0, 0.1) is 23.7 Å². The number of amidine groups is 1. The molecule has 0 saturated carbocycles. The zero-order valence-corrected chi connectivity index (χ0v) is 22.6. The summed E-state index contributed by atoms with van der Waals surface area (Å²) < 4.78 is 0. The van der Waals surface area contributed by atoms with Crippen molar-refractivity contribution in [2.75, 3.05) is 26.7 Å². The van der Waals surface area contributed by atoms with E-state index < -0.39 is 0 Å². The molecular formula is C30H51N3. The van der Waals surface area contributed by atoms with Gasteiger partial charge in [-0.25, -0.2) is 0 Å². The monoisotopic (exact) mass is 453 g/mol. The molecule has 0 aromatic rings. The van der Waals surface area contributed by atoms with Crippen LogP contribution in [-0.4, -0.2) is 43.5 Å². The summed E-state index contributed by atoms with van der Waals surface area (Å²) in [6.45, 7) is 16.8. The number of nitrogens with zero attached hydrogens (tertiary/aromatic N) is 2. The third kappa shape index (κ3) is 8.92. The standard InChI is InChI=1S/C30H51N3/c1-8-12-23(4)21-26(9-2)15-14-24(5)25(6)22-27-13-11-18-31-30(32-19-16-27)29-28(10-3)17-20-33(29)7/h11,13-15,21-25,28-29H,8-10,12,16-20H2,1-7H3,(H,31,32)/b13-11-,15-14-,26-21+,27-22-/t23?,24?,25?,28-,29?/m1/s1. The molecule has 5 atom stereocenters. The van der Waals surface area contributed by atoms with Gasteiger partial charge in [0.2, 0.25) is 0 Å².